The highest BCUT2D eigenvalue weighted by atomic mass is 35.5. The third-order valence-electron chi connectivity index (χ3n) is 3.10. The van der Waals surface area contributed by atoms with Crippen LogP contribution in [-0.2, 0) is 4.79 Å². The number of benzene rings is 1. The van der Waals surface area contributed by atoms with Crippen molar-refractivity contribution in [3.63, 3.8) is 0 Å². The zero-order valence-electron chi connectivity index (χ0n) is 12.5. The molecule has 24 heavy (non-hydrogen) atoms. The molecule has 3 aromatic rings. The monoisotopic (exact) mass is 382 g/mol. The second-order valence-electron chi connectivity index (χ2n) is 4.75. The van der Waals surface area contributed by atoms with Gasteiger partial charge in [0.1, 0.15) is 5.75 Å². The maximum Gasteiger partial charge on any atom is 0.234 e. The molecule has 2 aromatic heterocycles. The van der Waals surface area contributed by atoms with Crippen LogP contribution < -0.4 is 10.1 Å². The van der Waals surface area contributed by atoms with E-state index in [-0.39, 0.29) is 11.7 Å². The van der Waals surface area contributed by atoms with Gasteiger partial charge < -0.3 is 10.1 Å². The van der Waals surface area contributed by atoms with Crippen molar-refractivity contribution in [3.05, 3.63) is 46.6 Å². The number of ether oxygens (including phenoxy) is 1. The van der Waals surface area contributed by atoms with Gasteiger partial charge in [-0.1, -0.05) is 35.0 Å². The molecule has 9 heteroatoms. The van der Waals surface area contributed by atoms with Crippen LogP contribution in [0.15, 0.2) is 41.7 Å². The molecule has 0 spiro atoms. The van der Waals surface area contributed by atoms with Gasteiger partial charge in [0.05, 0.1) is 22.9 Å². The van der Waals surface area contributed by atoms with E-state index in [2.05, 4.69) is 15.5 Å². The number of nitrogens with one attached hydrogen (secondary N) is 1. The summed E-state index contributed by atoms with van der Waals surface area (Å²) in [6.45, 7) is 0. The molecule has 3 rings (SSSR count). The maximum absolute atomic E-state index is 12.1. The molecule has 0 fully saturated rings. The fourth-order valence-electron chi connectivity index (χ4n) is 2.00. The molecular formula is C15H12Cl2N4O2S. The molecule has 0 aliphatic carbocycles. The molecule has 2 heterocycles. The van der Waals surface area contributed by atoms with Crippen LogP contribution in [0.3, 0.4) is 0 Å². The second-order valence-corrected chi connectivity index (χ2v) is 6.53. The number of carbonyl (C=O) groups excluding carboxylic acids is 1. The van der Waals surface area contributed by atoms with E-state index in [0.717, 1.165) is 5.75 Å². The average molecular weight is 383 g/mol. The Balaban J connectivity index is 1.66. The number of carbonyl (C=O) groups is 1. The maximum atomic E-state index is 12.1. The Kier molecular flexibility index (Phi) is 5.13. The summed E-state index contributed by atoms with van der Waals surface area (Å²) < 4.78 is 6.74. The molecule has 0 unspecified atom stereocenters. The Bertz CT molecular complexity index is 883. The van der Waals surface area contributed by atoms with E-state index in [0.29, 0.717) is 26.5 Å². The van der Waals surface area contributed by atoms with Crippen molar-refractivity contribution >= 4 is 52.2 Å². The average Bonchev–Trinajstić information content (AvgIpc) is 2.97. The lowest BCUT2D eigenvalue weighted by molar-refractivity contribution is -0.113. The molecule has 0 atom stereocenters. The fourth-order valence-corrected chi connectivity index (χ4v) is 3.22. The summed E-state index contributed by atoms with van der Waals surface area (Å²) in [5, 5.41) is 12.3. The lowest BCUT2D eigenvalue weighted by Gasteiger charge is -2.06. The normalized spacial score (nSPS) is 10.8. The third-order valence-corrected chi connectivity index (χ3v) is 4.53. The number of anilines is 1. The van der Waals surface area contributed by atoms with Crippen molar-refractivity contribution < 1.29 is 9.53 Å². The lowest BCUT2D eigenvalue weighted by atomic mass is 10.3. The Morgan fingerprint density at radius 2 is 2.04 bits per heavy atom. The van der Waals surface area contributed by atoms with Crippen molar-refractivity contribution in [2.75, 3.05) is 18.2 Å². The van der Waals surface area contributed by atoms with Gasteiger partial charge in [-0.05, 0) is 30.3 Å². The number of hydrogen-bond donors (Lipinski definition) is 1. The number of nitrogens with zero attached hydrogens (tertiary/aromatic N) is 3. The van der Waals surface area contributed by atoms with Crippen LogP contribution in [-0.4, -0.2) is 33.4 Å². The second kappa shape index (κ2) is 7.29. The minimum atomic E-state index is -0.157. The number of pyridine rings is 1. The quantitative estimate of drug-likeness (QED) is 0.680. The Labute approximate surface area is 152 Å². The molecular weight excluding hydrogens is 371 g/mol. The van der Waals surface area contributed by atoms with E-state index in [9.17, 15) is 4.79 Å². The van der Waals surface area contributed by atoms with Crippen LogP contribution in [0.1, 0.15) is 0 Å². The summed E-state index contributed by atoms with van der Waals surface area (Å²) in [5.74, 6) is 0.748. The van der Waals surface area contributed by atoms with Gasteiger partial charge in [0.15, 0.2) is 10.8 Å². The highest BCUT2D eigenvalue weighted by Gasteiger charge is 2.12. The van der Waals surface area contributed by atoms with Crippen molar-refractivity contribution in [1.82, 2.24) is 14.6 Å². The van der Waals surface area contributed by atoms with Gasteiger partial charge in [0.2, 0.25) is 5.91 Å². The molecule has 1 aromatic carbocycles. The lowest BCUT2D eigenvalue weighted by Crippen LogP contribution is -2.14. The minimum Gasteiger partial charge on any atom is -0.497 e. The molecule has 1 amide bonds. The summed E-state index contributed by atoms with van der Waals surface area (Å²) in [6, 6.07) is 8.69. The van der Waals surface area contributed by atoms with E-state index in [1.54, 1.807) is 48.0 Å². The first-order valence-corrected chi connectivity index (χ1v) is 8.57. The number of rotatable bonds is 5. The van der Waals surface area contributed by atoms with Gasteiger partial charge in [-0.15, -0.1) is 10.2 Å². The number of aromatic nitrogens is 3. The minimum absolute atomic E-state index is 0.157. The summed E-state index contributed by atoms with van der Waals surface area (Å²) in [7, 11) is 1.59. The van der Waals surface area contributed by atoms with E-state index >= 15 is 0 Å². The van der Waals surface area contributed by atoms with Crippen molar-refractivity contribution in [3.8, 4) is 5.75 Å². The van der Waals surface area contributed by atoms with Crippen LogP contribution in [0, 0.1) is 0 Å². The number of thioether (sulfide) groups is 1. The zero-order chi connectivity index (χ0) is 17.1. The summed E-state index contributed by atoms with van der Waals surface area (Å²) in [5.41, 5.74) is 1.19. The number of amides is 1. The first-order valence-electron chi connectivity index (χ1n) is 6.83. The fraction of sp³-hybridized carbons (Fsp3) is 0.133. The Morgan fingerprint density at radius 3 is 2.75 bits per heavy atom. The van der Waals surface area contributed by atoms with E-state index in [1.807, 2.05) is 0 Å². The number of methoxy groups -OCH3 is 1. The zero-order valence-corrected chi connectivity index (χ0v) is 14.8. The van der Waals surface area contributed by atoms with Gasteiger partial charge >= 0.3 is 0 Å². The first kappa shape index (κ1) is 16.9. The van der Waals surface area contributed by atoms with Crippen molar-refractivity contribution in [2.24, 2.45) is 0 Å². The molecule has 6 nitrogen and oxygen atoms in total. The van der Waals surface area contributed by atoms with Gasteiger partial charge in [0, 0.05) is 11.9 Å². The van der Waals surface area contributed by atoms with Crippen molar-refractivity contribution in [2.45, 2.75) is 5.16 Å². The predicted octanol–water partition coefficient (Wildman–Crippen LogP) is 3.78. The summed E-state index contributed by atoms with van der Waals surface area (Å²) in [6.07, 6.45) is 1.66. The topological polar surface area (TPSA) is 68.5 Å². The highest BCUT2D eigenvalue weighted by molar-refractivity contribution is 7.99. The van der Waals surface area contributed by atoms with E-state index in [1.165, 1.54) is 11.8 Å². The van der Waals surface area contributed by atoms with Crippen LogP contribution in [0.2, 0.25) is 10.0 Å². The summed E-state index contributed by atoms with van der Waals surface area (Å²) >= 11 is 13.3. The van der Waals surface area contributed by atoms with Gasteiger partial charge in [0.25, 0.3) is 0 Å². The third kappa shape index (κ3) is 3.75. The highest BCUT2D eigenvalue weighted by Crippen LogP contribution is 2.25. The van der Waals surface area contributed by atoms with E-state index in [4.69, 9.17) is 27.9 Å². The number of hydrogen-bond acceptors (Lipinski definition) is 5. The van der Waals surface area contributed by atoms with Gasteiger partial charge in [-0.25, -0.2) is 0 Å². The SMILES string of the molecule is COc1ccc(NC(=O)CSc2nnc3c(Cl)cc(Cl)cn23)cc1. The van der Waals surface area contributed by atoms with Crippen LogP contribution >= 0.6 is 35.0 Å². The summed E-state index contributed by atoms with van der Waals surface area (Å²) in [4.78, 5) is 12.1. The largest absolute Gasteiger partial charge is 0.497 e. The first-order chi connectivity index (χ1) is 11.6. The Morgan fingerprint density at radius 1 is 1.29 bits per heavy atom. The molecule has 0 radical (unpaired) electrons. The molecule has 124 valence electrons. The van der Waals surface area contributed by atoms with Crippen LogP contribution in [0.25, 0.3) is 5.65 Å². The van der Waals surface area contributed by atoms with Gasteiger partial charge in [-0.3, -0.25) is 9.20 Å². The van der Waals surface area contributed by atoms with Crippen LogP contribution in [0.5, 0.6) is 5.75 Å². The molecule has 0 saturated carbocycles. The van der Waals surface area contributed by atoms with Crippen molar-refractivity contribution in [1.29, 1.82) is 0 Å². The molecule has 0 bridgehead atoms. The van der Waals surface area contributed by atoms with Crippen LogP contribution in [0.4, 0.5) is 5.69 Å². The van der Waals surface area contributed by atoms with Gasteiger partial charge in [-0.2, -0.15) is 0 Å². The van der Waals surface area contributed by atoms with E-state index < -0.39 is 0 Å². The number of fused-ring (bicyclic) bond motifs is 1. The Hall–Kier alpha value is -1.96. The molecule has 0 aliphatic heterocycles. The predicted molar refractivity (Wildman–Crippen MR) is 95.4 cm³/mol. The number of halogens is 2. The standard InChI is InChI=1S/C15H12Cl2N4O2S/c1-23-11-4-2-10(3-5-11)18-13(22)8-24-15-20-19-14-12(17)6-9(16)7-21(14)15/h2-7H,8H2,1H3,(H,18,22). The smallest absolute Gasteiger partial charge is 0.234 e. The molecule has 1 N–H and O–H groups in total. The molecule has 0 saturated heterocycles. The molecule has 0 aliphatic rings.